The van der Waals surface area contributed by atoms with Gasteiger partial charge in [-0.25, -0.2) is 13.6 Å². The largest absolute Gasteiger partial charge is 0.452 e. The van der Waals surface area contributed by atoms with Crippen molar-refractivity contribution < 1.29 is 23.1 Å². The maximum Gasteiger partial charge on any atom is 0.338 e. The summed E-state index contributed by atoms with van der Waals surface area (Å²) < 4.78 is 30.9. The van der Waals surface area contributed by atoms with Crippen molar-refractivity contribution in [1.82, 2.24) is 5.32 Å². The monoisotopic (exact) mass is 347 g/mol. The van der Waals surface area contributed by atoms with E-state index in [1.165, 1.54) is 5.56 Å². The Morgan fingerprint density at radius 3 is 2.36 bits per heavy atom. The Labute approximate surface area is 144 Å². The minimum absolute atomic E-state index is 0.0991. The maximum atomic E-state index is 13.1. The van der Waals surface area contributed by atoms with Gasteiger partial charge in [-0.15, -0.1) is 0 Å². The molecule has 0 aromatic heterocycles. The van der Waals surface area contributed by atoms with Gasteiger partial charge in [0.15, 0.2) is 6.61 Å². The van der Waals surface area contributed by atoms with Crippen molar-refractivity contribution in [2.75, 3.05) is 6.61 Å². The summed E-state index contributed by atoms with van der Waals surface area (Å²) in [5, 5.41) is 2.72. The quantitative estimate of drug-likeness (QED) is 0.782. The Morgan fingerprint density at radius 2 is 1.72 bits per heavy atom. The highest BCUT2D eigenvalue weighted by molar-refractivity contribution is 5.91. The van der Waals surface area contributed by atoms with Crippen LogP contribution in [0.25, 0.3) is 0 Å². The Morgan fingerprint density at radius 1 is 1.08 bits per heavy atom. The summed E-state index contributed by atoms with van der Waals surface area (Å²) in [7, 11) is 0. The lowest BCUT2D eigenvalue weighted by Crippen LogP contribution is -2.36. The number of aryl methyl sites for hydroxylation is 1. The Balaban J connectivity index is 1.75. The number of nitrogens with one attached hydrogen (secondary N) is 1. The first-order valence-electron chi connectivity index (χ1n) is 7.90. The van der Waals surface area contributed by atoms with E-state index >= 15 is 0 Å². The average Bonchev–Trinajstić information content (AvgIpc) is 2.58. The molecule has 132 valence electrons. The number of amides is 1. The number of carbonyl (C=O) groups excluding carboxylic acids is 2. The van der Waals surface area contributed by atoms with Crippen molar-refractivity contribution in [3.05, 3.63) is 71.3 Å². The Kier molecular flexibility index (Phi) is 6.62. The lowest BCUT2D eigenvalue weighted by Gasteiger charge is -2.14. The fourth-order valence-corrected chi connectivity index (χ4v) is 2.30. The molecule has 2 aromatic carbocycles. The summed E-state index contributed by atoms with van der Waals surface area (Å²) in [6, 6.07) is 12.1. The Bertz CT molecular complexity index is 714. The van der Waals surface area contributed by atoms with Gasteiger partial charge in [0.2, 0.25) is 0 Å². The van der Waals surface area contributed by atoms with E-state index in [9.17, 15) is 18.4 Å². The number of hydrogen-bond acceptors (Lipinski definition) is 3. The zero-order valence-electron chi connectivity index (χ0n) is 13.8. The second-order valence-corrected chi connectivity index (χ2v) is 5.73. The van der Waals surface area contributed by atoms with Crippen LogP contribution in [0.1, 0.15) is 29.3 Å². The summed E-state index contributed by atoms with van der Waals surface area (Å²) in [5.74, 6) is -3.19. The minimum Gasteiger partial charge on any atom is -0.452 e. The van der Waals surface area contributed by atoms with Crippen molar-refractivity contribution in [1.29, 1.82) is 0 Å². The number of hydrogen-bond donors (Lipinski definition) is 1. The Hall–Kier alpha value is -2.76. The van der Waals surface area contributed by atoms with Crippen LogP contribution in [0.5, 0.6) is 0 Å². The lowest BCUT2D eigenvalue weighted by molar-refractivity contribution is -0.124. The van der Waals surface area contributed by atoms with Crippen molar-refractivity contribution >= 4 is 11.9 Å². The van der Waals surface area contributed by atoms with Gasteiger partial charge in [-0.1, -0.05) is 30.3 Å². The van der Waals surface area contributed by atoms with Gasteiger partial charge in [0.1, 0.15) is 11.6 Å². The van der Waals surface area contributed by atoms with Crippen LogP contribution in [0.3, 0.4) is 0 Å². The number of esters is 1. The number of benzene rings is 2. The summed E-state index contributed by atoms with van der Waals surface area (Å²) in [5.41, 5.74) is 0.894. The van der Waals surface area contributed by atoms with Crippen LogP contribution in [-0.4, -0.2) is 24.5 Å². The molecule has 0 unspecified atom stereocenters. The normalized spacial score (nSPS) is 11.6. The van der Waals surface area contributed by atoms with Crippen LogP contribution in [0, 0.1) is 11.6 Å². The van der Waals surface area contributed by atoms with Gasteiger partial charge in [-0.2, -0.15) is 0 Å². The molecule has 0 bridgehead atoms. The highest BCUT2D eigenvalue weighted by Gasteiger charge is 2.14. The molecule has 25 heavy (non-hydrogen) atoms. The lowest BCUT2D eigenvalue weighted by atomic mass is 10.1. The molecule has 0 radical (unpaired) electrons. The number of halogens is 2. The van der Waals surface area contributed by atoms with Gasteiger partial charge in [-0.05, 0) is 37.5 Å². The predicted molar refractivity (Wildman–Crippen MR) is 89.0 cm³/mol. The summed E-state index contributed by atoms with van der Waals surface area (Å²) in [6.45, 7) is 1.34. The molecule has 2 aromatic rings. The highest BCUT2D eigenvalue weighted by atomic mass is 19.1. The molecule has 6 heteroatoms. The van der Waals surface area contributed by atoms with Crippen LogP contribution < -0.4 is 5.32 Å². The molecule has 4 nitrogen and oxygen atoms in total. The third-order valence-corrected chi connectivity index (χ3v) is 3.55. The first kappa shape index (κ1) is 18.6. The first-order valence-corrected chi connectivity index (χ1v) is 7.90. The summed E-state index contributed by atoms with van der Waals surface area (Å²) in [6.07, 6.45) is 1.55. The molecule has 0 spiro atoms. The van der Waals surface area contributed by atoms with Crippen LogP contribution in [0.4, 0.5) is 8.78 Å². The van der Waals surface area contributed by atoms with Gasteiger partial charge in [0, 0.05) is 12.1 Å². The molecule has 0 saturated heterocycles. The van der Waals surface area contributed by atoms with E-state index in [-0.39, 0.29) is 11.6 Å². The van der Waals surface area contributed by atoms with Crippen LogP contribution in [0.2, 0.25) is 0 Å². The molecule has 1 atom stereocenters. The summed E-state index contributed by atoms with van der Waals surface area (Å²) in [4.78, 5) is 23.5. The van der Waals surface area contributed by atoms with E-state index < -0.39 is 30.1 Å². The van der Waals surface area contributed by atoms with E-state index in [0.29, 0.717) is 6.07 Å². The zero-order valence-corrected chi connectivity index (χ0v) is 13.8. The van der Waals surface area contributed by atoms with Crippen molar-refractivity contribution in [3.63, 3.8) is 0 Å². The third-order valence-electron chi connectivity index (χ3n) is 3.55. The second kappa shape index (κ2) is 8.92. The standard InChI is InChI=1S/C19H19F2NO3/c1-13(7-8-14-5-3-2-4-6-14)22-18(23)12-25-19(24)15-9-16(20)11-17(21)10-15/h2-6,9-11,13H,7-8,12H2,1H3,(H,22,23)/t13-/m0/s1. The minimum atomic E-state index is -0.953. The first-order chi connectivity index (χ1) is 11.9. The van der Waals surface area contributed by atoms with Gasteiger partial charge >= 0.3 is 5.97 Å². The third kappa shape index (κ3) is 6.33. The molecular formula is C19H19F2NO3. The van der Waals surface area contributed by atoms with E-state index in [1.54, 1.807) is 0 Å². The molecule has 0 aliphatic rings. The maximum absolute atomic E-state index is 13.1. The summed E-state index contributed by atoms with van der Waals surface area (Å²) >= 11 is 0. The van der Waals surface area contributed by atoms with Crippen molar-refractivity contribution in [2.24, 2.45) is 0 Å². The fourth-order valence-electron chi connectivity index (χ4n) is 2.30. The molecule has 0 aliphatic heterocycles. The topological polar surface area (TPSA) is 55.4 Å². The molecule has 0 saturated carbocycles. The molecule has 0 aliphatic carbocycles. The molecule has 1 N–H and O–H groups in total. The van der Waals surface area contributed by atoms with E-state index in [1.807, 2.05) is 37.3 Å². The van der Waals surface area contributed by atoms with Gasteiger partial charge in [0.05, 0.1) is 5.56 Å². The van der Waals surface area contributed by atoms with E-state index in [2.05, 4.69) is 5.32 Å². The predicted octanol–water partition coefficient (Wildman–Crippen LogP) is 3.26. The molecule has 0 fully saturated rings. The van der Waals surface area contributed by atoms with Crippen LogP contribution in [-0.2, 0) is 16.0 Å². The SMILES string of the molecule is C[C@@H](CCc1ccccc1)NC(=O)COC(=O)c1cc(F)cc(F)c1. The van der Waals surface area contributed by atoms with Crippen molar-refractivity contribution in [3.8, 4) is 0 Å². The number of carbonyl (C=O) groups is 2. The fraction of sp³-hybridized carbons (Fsp3) is 0.263. The van der Waals surface area contributed by atoms with Crippen molar-refractivity contribution in [2.45, 2.75) is 25.8 Å². The van der Waals surface area contributed by atoms with E-state index in [0.717, 1.165) is 25.0 Å². The highest BCUT2D eigenvalue weighted by Crippen LogP contribution is 2.09. The smallest absolute Gasteiger partial charge is 0.338 e. The van der Waals surface area contributed by atoms with Gasteiger partial charge < -0.3 is 10.1 Å². The van der Waals surface area contributed by atoms with E-state index in [4.69, 9.17) is 4.74 Å². The molecule has 1 amide bonds. The second-order valence-electron chi connectivity index (χ2n) is 5.73. The molecular weight excluding hydrogens is 328 g/mol. The van der Waals surface area contributed by atoms with Crippen LogP contribution >= 0.6 is 0 Å². The molecule has 0 heterocycles. The van der Waals surface area contributed by atoms with Crippen LogP contribution in [0.15, 0.2) is 48.5 Å². The number of ether oxygens (including phenoxy) is 1. The zero-order chi connectivity index (χ0) is 18.2. The average molecular weight is 347 g/mol. The molecule has 2 rings (SSSR count). The van der Waals surface area contributed by atoms with Gasteiger partial charge in [-0.3, -0.25) is 4.79 Å². The van der Waals surface area contributed by atoms with Gasteiger partial charge in [0.25, 0.3) is 5.91 Å². The number of rotatable bonds is 7.